The van der Waals surface area contributed by atoms with Crippen LogP contribution in [-0.4, -0.2) is 33.9 Å². The number of benzene rings is 2. The number of ether oxygens (including phenoxy) is 1. The number of nitrogens with two attached hydrogens (primary N) is 1. The molecule has 29 heavy (non-hydrogen) atoms. The van der Waals surface area contributed by atoms with Crippen LogP contribution in [0.4, 0.5) is 17.2 Å². The predicted octanol–water partition coefficient (Wildman–Crippen LogP) is 2.38. The molecule has 150 valence electrons. The number of hydrogen-bond donors (Lipinski definition) is 3. The number of hydrogen-bond acceptors (Lipinski definition) is 6. The summed E-state index contributed by atoms with van der Waals surface area (Å²) in [4.78, 5) is 24.8. The van der Waals surface area contributed by atoms with Crippen LogP contribution in [0, 0.1) is 13.8 Å². The molecule has 0 saturated carbocycles. The molecule has 0 aliphatic carbocycles. The Kier molecular flexibility index (Phi) is 5.77. The zero-order valence-corrected chi connectivity index (χ0v) is 16.4. The second kappa shape index (κ2) is 8.42. The Morgan fingerprint density at radius 1 is 1.07 bits per heavy atom. The van der Waals surface area contributed by atoms with Gasteiger partial charge in [0, 0.05) is 5.69 Å². The molecule has 2 amide bonds. The number of methoxy groups -OCH3 is 1. The average Bonchev–Trinajstić information content (AvgIpc) is 3.04. The lowest BCUT2D eigenvalue weighted by molar-refractivity contribution is -0.116. The Balaban J connectivity index is 1.70. The van der Waals surface area contributed by atoms with E-state index in [0.717, 1.165) is 11.1 Å². The first-order valence-corrected chi connectivity index (χ1v) is 8.89. The van der Waals surface area contributed by atoms with Gasteiger partial charge >= 0.3 is 0 Å². The quantitative estimate of drug-likeness (QED) is 0.590. The molecule has 0 fully saturated rings. The zero-order valence-electron chi connectivity index (χ0n) is 16.4. The highest BCUT2D eigenvalue weighted by molar-refractivity contribution is 6.06. The van der Waals surface area contributed by atoms with Gasteiger partial charge in [-0.3, -0.25) is 9.59 Å². The van der Waals surface area contributed by atoms with E-state index in [2.05, 4.69) is 20.9 Å². The van der Waals surface area contributed by atoms with Crippen LogP contribution in [0.2, 0.25) is 0 Å². The third-order valence-electron chi connectivity index (χ3n) is 4.22. The van der Waals surface area contributed by atoms with Crippen molar-refractivity contribution in [2.75, 3.05) is 23.5 Å². The van der Waals surface area contributed by atoms with Crippen molar-refractivity contribution in [3.8, 4) is 5.75 Å². The summed E-state index contributed by atoms with van der Waals surface area (Å²) in [6.45, 7) is 3.68. The van der Waals surface area contributed by atoms with Crippen molar-refractivity contribution in [2.24, 2.45) is 0 Å². The van der Waals surface area contributed by atoms with Gasteiger partial charge in [-0.2, -0.15) is 0 Å². The van der Waals surface area contributed by atoms with Gasteiger partial charge in [-0.05, 0) is 43.7 Å². The van der Waals surface area contributed by atoms with E-state index in [-0.39, 0.29) is 24.0 Å². The molecule has 9 nitrogen and oxygen atoms in total. The fourth-order valence-corrected chi connectivity index (χ4v) is 2.67. The summed E-state index contributed by atoms with van der Waals surface area (Å²) in [5.41, 5.74) is 9.10. The normalized spacial score (nSPS) is 10.4. The fourth-order valence-electron chi connectivity index (χ4n) is 2.67. The number of rotatable bonds is 6. The molecule has 3 rings (SSSR count). The molecule has 0 atom stereocenters. The van der Waals surface area contributed by atoms with Gasteiger partial charge in [-0.25, -0.2) is 4.68 Å². The average molecular weight is 394 g/mol. The van der Waals surface area contributed by atoms with Gasteiger partial charge < -0.3 is 21.1 Å². The minimum absolute atomic E-state index is 0.00632. The van der Waals surface area contributed by atoms with Gasteiger partial charge in [0.1, 0.15) is 12.3 Å². The standard InChI is InChI=1S/C20H22N6O3/c1-12-4-7-14(8-5-12)22-17(27)11-26-19(21)18(24-25-26)20(28)23-15-10-13(2)6-9-16(15)29-3/h4-10H,11,21H2,1-3H3,(H,22,27)(H,23,28). The SMILES string of the molecule is COc1ccc(C)cc1NC(=O)c1nnn(CC(=O)Nc2ccc(C)cc2)c1N. The number of nitrogen functional groups attached to an aromatic ring is 1. The fraction of sp³-hybridized carbons (Fsp3) is 0.200. The Bertz CT molecular complexity index is 1040. The van der Waals surface area contributed by atoms with E-state index in [1.54, 1.807) is 24.3 Å². The van der Waals surface area contributed by atoms with E-state index in [0.29, 0.717) is 17.1 Å². The highest BCUT2D eigenvalue weighted by atomic mass is 16.5. The Hall–Kier alpha value is -3.88. The van der Waals surface area contributed by atoms with Crippen LogP contribution in [0.25, 0.3) is 0 Å². The number of aryl methyl sites for hydroxylation is 2. The van der Waals surface area contributed by atoms with Crippen molar-refractivity contribution < 1.29 is 14.3 Å². The molecular weight excluding hydrogens is 372 g/mol. The molecule has 9 heteroatoms. The molecule has 0 aliphatic rings. The van der Waals surface area contributed by atoms with Crippen molar-refractivity contribution in [1.29, 1.82) is 0 Å². The van der Waals surface area contributed by atoms with Crippen LogP contribution >= 0.6 is 0 Å². The van der Waals surface area contributed by atoms with Crippen molar-refractivity contribution >= 4 is 29.0 Å². The van der Waals surface area contributed by atoms with Crippen LogP contribution in [0.15, 0.2) is 42.5 Å². The van der Waals surface area contributed by atoms with Crippen LogP contribution < -0.4 is 21.1 Å². The first kappa shape index (κ1) is 19.9. The first-order valence-electron chi connectivity index (χ1n) is 8.89. The molecule has 2 aromatic carbocycles. The minimum atomic E-state index is -0.545. The molecule has 0 saturated heterocycles. The summed E-state index contributed by atoms with van der Waals surface area (Å²) in [6, 6.07) is 12.8. The van der Waals surface area contributed by atoms with E-state index >= 15 is 0 Å². The van der Waals surface area contributed by atoms with Gasteiger partial charge in [0.15, 0.2) is 11.5 Å². The third-order valence-corrected chi connectivity index (χ3v) is 4.22. The second-order valence-electron chi connectivity index (χ2n) is 6.55. The minimum Gasteiger partial charge on any atom is -0.495 e. The summed E-state index contributed by atoms with van der Waals surface area (Å²) >= 11 is 0. The maximum absolute atomic E-state index is 12.6. The molecular formula is C20H22N6O3. The molecule has 0 aliphatic heterocycles. The molecule has 0 spiro atoms. The molecule has 0 unspecified atom stereocenters. The van der Waals surface area contributed by atoms with Crippen LogP contribution in [0.1, 0.15) is 21.6 Å². The molecule has 1 aromatic heterocycles. The van der Waals surface area contributed by atoms with Crippen LogP contribution in [0.3, 0.4) is 0 Å². The van der Waals surface area contributed by atoms with Gasteiger partial charge in [-0.15, -0.1) is 5.10 Å². The highest BCUT2D eigenvalue weighted by Gasteiger charge is 2.20. The topological polar surface area (TPSA) is 124 Å². The number of carbonyl (C=O) groups excluding carboxylic acids is 2. The molecule has 3 aromatic rings. The summed E-state index contributed by atoms with van der Waals surface area (Å²) in [5, 5.41) is 13.1. The molecule has 1 heterocycles. The maximum atomic E-state index is 12.6. The highest BCUT2D eigenvalue weighted by Crippen LogP contribution is 2.26. The summed E-state index contributed by atoms with van der Waals surface area (Å²) in [7, 11) is 1.51. The molecule has 0 bridgehead atoms. The van der Waals surface area contributed by atoms with Crippen molar-refractivity contribution in [2.45, 2.75) is 20.4 Å². The number of anilines is 3. The van der Waals surface area contributed by atoms with E-state index in [9.17, 15) is 9.59 Å². The van der Waals surface area contributed by atoms with Gasteiger partial charge in [0.25, 0.3) is 5.91 Å². The second-order valence-corrected chi connectivity index (χ2v) is 6.55. The summed E-state index contributed by atoms with van der Waals surface area (Å²) in [5.74, 6) is -0.380. The number of amides is 2. The van der Waals surface area contributed by atoms with E-state index in [1.807, 2.05) is 32.0 Å². The zero-order chi connectivity index (χ0) is 21.0. The third kappa shape index (κ3) is 4.70. The van der Waals surface area contributed by atoms with Crippen molar-refractivity contribution in [3.63, 3.8) is 0 Å². The molecule has 4 N–H and O–H groups in total. The van der Waals surface area contributed by atoms with Crippen LogP contribution in [-0.2, 0) is 11.3 Å². The Morgan fingerprint density at radius 2 is 1.76 bits per heavy atom. The van der Waals surface area contributed by atoms with E-state index in [4.69, 9.17) is 10.5 Å². The Labute approximate surface area is 167 Å². The summed E-state index contributed by atoms with van der Waals surface area (Å²) in [6.07, 6.45) is 0. The van der Waals surface area contributed by atoms with Crippen molar-refractivity contribution in [1.82, 2.24) is 15.0 Å². The summed E-state index contributed by atoms with van der Waals surface area (Å²) < 4.78 is 6.42. The van der Waals surface area contributed by atoms with Gasteiger partial charge in [0.05, 0.1) is 12.8 Å². The lowest BCUT2D eigenvalue weighted by Gasteiger charge is -2.10. The van der Waals surface area contributed by atoms with Crippen molar-refractivity contribution in [3.05, 3.63) is 59.3 Å². The lowest BCUT2D eigenvalue weighted by atomic mass is 10.2. The van der Waals surface area contributed by atoms with E-state index in [1.165, 1.54) is 11.8 Å². The predicted molar refractivity (Wildman–Crippen MR) is 110 cm³/mol. The number of aromatic nitrogens is 3. The first-order chi connectivity index (χ1) is 13.9. The molecule has 0 radical (unpaired) electrons. The lowest BCUT2D eigenvalue weighted by Crippen LogP contribution is -2.21. The maximum Gasteiger partial charge on any atom is 0.280 e. The largest absolute Gasteiger partial charge is 0.495 e. The number of nitrogens with one attached hydrogen (secondary N) is 2. The monoisotopic (exact) mass is 394 g/mol. The number of nitrogens with zero attached hydrogens (tertiary/aromatic N) is 3. The van der Waals surface area contributed by atoms with Crippen LogP contribution in [0.5, 0.6) is 5.75 Å². The Morgan fingerprint density at radius 3 is 2.45 bits per heavy atom. The van der Waals surface area contributed by atoms with Gasteiger partial charge in [0.2, 0.25) is 5.91 Å². The number of carbonyl (C=O) groups is 2. The smallest absolute Gasteiger partial charge is 0.280 e. The van der Waals surface area contributed by atoms with E-state index < -0.39 is 5.91 Å². The van der Waals surface area contributed by atoms with Gasteiger partial charge in [-0.1, -0.05) is 29.0 Å².